The van der Waals surface area contributed by atoms with Gasteiger partial charge in [0.15, 0.2) is 5.96 Å². The van der Waals surface area contributed by atoms with E-state index in [1.54, 1.807) is 0 Å². The van der Waals surface area contributed by atoms with Crippen LogP contribution in [-0.4, -0.2) is 61.0 Å². The highest BCUT2D eigenvalue weighted by Crippen LogP contribution is 2.17. The minimum Gasteiger partial charge on any atom is -0.396 e. The molecule has 178 valence electrons. The molecule has 1 aromatic rings. The van der Waals surface area contributed by atoms with E-state index >= 15 is 0 Å². The van der Waals surface area contributed by atoms with Crippen LogP contribution in [0.5, 0.6) is 0 Å². The van der Waals surface area contributed by atoms with Crippen molar-refractivity contribution < 1.29 is 9.84 Å². The Balaban J connectivity index is 0.00000480. The molecule has 1 heterocycles. The van der Waals surface area contributed by atoms with Gasteiger partial charge in [0.25, 0.3) is 0 Å². The molecule has 0 aromatic heterocycles. The van der Waals surface area contributed by atoms with Crippen LogP contribution in [0.25, 0.3) is 0 Å². The van der Waals surface area contributed by atoms with Crippen LogP contribution in [0.3, 0.4) is 0 Å². The molecule has 3 unspecified atom stereocenters. The molecule has 1 aliphatic heterocycles. The third kappa shape index (κ3) is 10.5. The number of morpholine rings is 1. The molecule has 1 aromatic carbocycles. The van der Waals surface area contributed by atoms with Crippen LogP contribution in [0.4, 0.5) is 0 Å². The van der Waals surface area contributed by atoms with E-state index in [0.29, 0.717) is 12.5 Å². The van der Waals surface area contributed by atoms with Crippen molar-refractivity contribution in [3.05, 3.63) is 35.4 Å². The maximum absolute atomic E-state index is 9.30. The number of nitrogens with zero attached hydrogens (tertiary/aromatic N) is 2. The predicted octanol–water partition coefficient (Wildman–Crippen LogP) is 3.77. The summed E-state index contributed by atoms with van der Waals surface area (Å²) in [4.78, 5) is 7.33. The highest BCUT2D eigenvalue weighted by atomic mass is 127. The molecule has 1 fully saturated rings. The number of halogens is 1. The minimum absolute atomic E-state index is 0. The van der Waals surface area contributed by atoms with E-state index in [1.807, 2.05) is 0 Å². The standard InChI is InChI=1S/C24H42N4O2.HI/c1-5-9-21(12-13-29)14-26-24(25-6-2)27-15-22-10-7-8-11-23(22)18-28-16-19(3)30-20(4)17-28;/h7-8,10-11,19-21,29H,5-6,9,12-18H2,1-4H3,(H2,25,26,27);1H. The molecule has 0 aliphatic carbocycles. The Kier molecular flexibility index (Phi) is 14.4. The first kappa shape index (κ1) is 28.1. The van der Waals surface area contributed by atoms with E-state index in [-0.39, 0.29) is 42.8 Å². The van der Waals surface area contributed by atoms with Crippen molar-refractivity contribution in [3.63, 3.8) is 0 Å². The summed E-state index contributed by atoms with van der Waals surface area (Å²) in [6, 6.07) is 8.61. The van der Waals surface area contributed by atoms with Crippen LogP contribution in [0.15, 0.2) is 29.3 Å². The van der Waals surface area contributed by atoms with Crippen molar-refractivity contribution in [2.45, 2.75) is 72.3 Å². The van der Waals surface area contributed by atoms with E-state index in [0.717, 1.165) is 57.9 Å². The lowest BCUT2D eigenvalue weighted by Crippen LogP contribution is -2.44. The van der Waals surface area contributed by atoms with Gasteiger partial charge in [0.05, 0.1) is 18.8 Å². The monoisotopic (exact) mass is 546 g/mol. The number of guanidine groups is 1. The lowest BCUT2D eigenvalue weighted by molar-refractivity contribution is -0.0705. The summed E-state index contributed by atoms with van der Waals surface area (Å²) in [6.45, 7) is 14.0. The number of aliphatic imine (C=N–C) groups is 1. The topological polar surface area (TPSA) is 69.1 Å². The minimum atomic E-state index is 0. The van der Waals surface area contributed by atoms with Crippen molar-refractivity contribution in [1.29, 1.82) is 0 Å². The quantitative estimate of drug-likeness (QED) is 0.224. The smallest absolute Gasteiger partial charge is 0.191 e. The van der Waals surface area contributed by atoms with Gasteiger partial charge in [-0.2, -0.15) is 0 Å². The van der Waals surface area contributed by atoms with Gasteiger partial charge >= 0.3 is 0 Å². The first-order valence-electron chi connectivity index (χ1n) is 11.6. The van der Waals surface area contributed by atoms with E-state index in [2.05, 4.69) is 67.5 Å². The Labute approximate surface area is 206 Å². The van der Waals surface area contributed by atoms with Crippen LogP contribution >= 0.6 is 24.0 Å². The summed E-state index contributed by atoms with van der Waals surface area (Å²) in [7, 11) is 0. The van der Waals surface area contributed by atoms with Gasteiger partial charge in [-0.25, -0.2) is 4.99 Å². The Morgan fingerprint density at radius 1 is 1.13 bits per heavy atom. The molecule has 2 rings (SSSR count). The Morgan fingerprint density at radius 3 is 2.42 bits per heavy atom. The summed E-state index contributed by atoms with van der Waals surface area (Å²) in [5.74, 6) is 1.32. The van der Waals surface area contributed by atoms with Crippen molar-refractivity contribution >= 4 is 29.9 Å². The van der Waals surface area contributed by atoms with E-state index in [1.165, 1.54) is 11.1 Å². The normalized spacial score (nSPS) is 20.7. The van der Waals surface area contributed by atoms with Crippen molar-refractivity contribution in [1.82, 2.24) is 15.5 Å². The van der Waals surface area contributed by atoms with Crippen LogP contribution in [0, 0.1) is 5.92 Å². The van der Waals surface area contributed by atoms with Crippen molar-refractivity contribution in [2.24, 2.45) is 10.9 Å². The zero-order valence-electron chi connectivity index (χ0n) is 19.8. The van der Waals surface area contributed by atoms with Gasteiger partial charge < -0.3 is 20.5 Å². The maximum Gasteiger partial charge on any atom is 0.191 e. The average molecular weight is 547 g/mol. The van der Waals surface area contributed by atoms with Crippen molar-refractivity contribution in [2.75, 3.05) is 32.8 Å². The number of ether oxygens (including phenoxy) is 1. The molecular formula is C24H43IN4O2. The summed E-state index contributed by atoms with van der Waals surface area (Å²) in [6.07, 6.45) is 3.63. The second-order valence-corrected chi connectivity index (χ2v) is 8.46. The van der Waals surface area contributed by atoms with E-state index < -0.39 is 0 Å². The molecule has 1 saturated heterocycles. The summed E-state index contributed by atoms with van der Waals surface area (Å²) in [5.41, 5.74) is 2.60. The molecule has 1 aliphatic rings. The number of rotatable bonds is 11. The number of hydrogen-bond donors (Lipinski definition) is 3. The van der Waals surface area contributed by atoms with E-state index in [9.17, 15) is 5.11 Å². The highest BCUT2D eigenvalue weighted by Gasteiger charge is 2.22. The van der Waals surface area contributed by atoms with Gasteiger partial charge in [0.1, 0.15) is 0 Å². The van der Waals surface area contributed by atoms with E-state index in [4.69, 9.17) is 9.73 Å². The summed E-state index contributed by atoms with van der Waals surface area (Å²) >= 11 is 0. The van der Waals surface area contributed by atoms with Gasteiger partial charge in [-0.1, -0.05) is 37.6 Å². The van der Waals surface area contributed by atoms with Crippen LogP contribution in [0.1, 0.15) is 58.1 Å². The zero-order valence-corrected chi connectivity index (χ0v) is 22.1. The predicted molar refractivity (Wildman–Crippen MR) is 140 cm³/mol. The van der Waals surface area contributed by atoms with Gasteiger partial charge in [-0.15, -0.1) is 24.0 Å². The molecule has 0 radical (unpaired) electrons. The fraction of sp³-hybridized carbons (Fsp3) is 0.708. The second kappa shape index (κ2) is 15.8. The highest BCUT2D eigenvalue weighted by molar-refractivity contribution is 14.0. The number of benzene rings is 1. The summed E-state index contributed by atoms with van der Waals surface area (Å²) < 4.78 is 5.88. The number of nitrogens with one attached hydrogen (secondary N) is 2. The van der Waals surface area contributed by atoms with Gasteiger partial charge in [-0.3, -0.25) is 4.90 Å². The zero-order chi connectivity index (χ0) is 21.8. The van der Waals surface area contributed by atoms with Gasteiger partial charge in [0.2, 0.25) is 0 Å². The molecule has 3 N–H and O–H groups in total. The van der Waals surface area contributed by atoms with Crippen LogP contribution in [-0.2, 0) is 17.8 Å². The molecule has 0 saturated carbocycles. The Bertz CT molecular complexity index is 628. The molecule has 6 nitrogen and oxygen atoms in total. The Morgan fingerprint density at radius 2 is 1.81 bits per heavy atom. The maximum atomic E-state index is 9.30. The van der Waals surface area contributed by atoms with Crippen LogP contribution < -0.4 is 10.6 Å². The van der Waals surface area contributed by atoms with Gasteiger partial charge in [-0.05, 0) is 50.7 Å². The van der Waals surface area contributed by atoms with Gasteiger partial charge in [0, 0.05) is 39.3 Å². The first-order valence-corrected chi connectivity index (χ1v) is 11.6. The first-order chi connectivity index (χ1) is 14.5. The molecule has 7 heteroatoms. The molecule has 0 spiro atoms. The van der Waals surface area contributed by atoms with Crippen molar-refractivity contribution in [3.8, 4) is 0 Å². The molecule has 0 amide bonds. The SMILES string of the molecule is CCCC(CCO)CNC(=NCc1ccccc1CN1CC(C)OC(C)C1)NCC.I. The molecular weight excluding hydrogens is 503 g/mol. The third-order valence-electron chi connectivity index (χ3n) is 5.55. The molecule has 31 heavy (non-hydrogen) atoms. The molecule has 0 bridgehead atoms. The third-order valence-corrected chi connectivity index (χ3v) is 5.55. The Hall–Kier alpha value is -0.900. The number of aliphatic hydroxyl groups is 1. The average Bonchev–Trinajstić information content (AvgIpc) is 2.70. The number of hydrogen-bond acceptors (Lipinski definition) is 4. The molecule has 3 atom stereocenters. The largest absolute Gasteiger partial charge is 0.396 e. The number of aliphatic hydroxyl groups excluding tert-OH is 1. The fourth-order valence-corrected chi connectivity index (χ4v) is 4.21. The van der Waals surface area contributed by atoms with Crippen LogP contribution in [0.2, 0.25) is 0 Å². The lowest BCUT2D eigenvalue weighted by atomic mass is 10.0. The second-order valence-electron chi connectivity index (χ2n) is 8.46. The fourth-order valence-electron chi connectivity index (χ4n) is 4.21. The lowest BCUT2D eigenvalue weighted by Gasteiger charge is -2.35. The summed E-state index contributed by atoms with van der Waals surface area (Å²) in [5, 5.41) is 16.1.